The van der Waals surface area contributed by atoms with Crippen molar-refractivity contribution in [2.45, 2.75) is 32.8 Å². The van der Waals surface area contributed by atoms with Gasteiger partial charge in [-0.1, -0.05) is 50.6 Å². The minimum atomic E-state index is -0.0917. The SMILES string of the molecule is CC(C)(C)c1ccccc1Oc1ncc(CO)cc1Cl. The third-order valence-corrected chi connectivity index (χ3v) is 3.22. The number of aliphatic hydroxyl groups is 1. The maximum absolute atomic E-state index is 9.05. The molecule has 0 aliphatic rings. The number of rotatable bonds is 3. The van der Waals surface area contributed by atoms with Crippen LogP contribution in [0.25, 0.3) is 0 Å². The molecule has 0 bridgehead atoms. The first-order valence-corrected chi connectivity index (χ1v) is 6.82. The predicted octanol–water partition coefficient (Wildman–Crippen LogP) is 4.32. The molecule has 1 heterocycles. The summed E-state index contributed by atoms with van der Waals surface area (Å²) in [4.78, 5) is 4.15. The van der Waals surface area contributed by atoms with Crippen molar-refractivity contribution in [2.75, 3.05) is 0 Å². The number of pyridine rings is 1. The summed E-state index contributed by atoms with van der Waals surface area (Å²) in [5, 5.41) is 9.44. The monoisotopic (exact) mass is 291 g/mol. The van der Waals surface area contributed by atoms with Crippen LogP contribution in [0.4, 0.5) is 0 Å². The fraction of sp³-hybridized carbons (Fsp3) is 0.312. The average Bonchev–Trinajstić information content (AvgIpc) is 2.40. The summed E-state index contributed by atoms with van der Waals surface area (Å²) in [5.74, 6) is 1.09. The highest BCUT2D eigenvalue weighted by atomic mass is 35.5. The minimum Gasteiger partial charge on any atom is -0.437 e. The fourth-order valence-electron chi connectivity index (χ4n) is 1.91. The van der Waals surface area contributed by atoms with E-state index in [-0.39, 0.29) is 12.0 Å². The second kappa shape index (κ2) is 5.81. The van der Waals surface area contributed by atoms with E-state index in [1.165, 1.54) is 0 Å². The summed E-state index contributed by atoms with van der Waals surface area (Å²) in [5.41, 5.74) is 1.71. The quantitative estimate of drug-likeness (QED) is 0.916. The van der Waals surface area contributed by atoms with Crippen LogP contribution in [0.15, 0.2) is 36.5 Å². The first kappa shape index (κ1) is 14.8. The van der Waals surface area contributed by atoms with Crippen LogP contribution in [0.5, 0.6) is 11.6 Å². The molecule has 0 aliphatic heterocycles. The Morgan fingerprint density at radius 3 is 2.55 bits per heavy atom. The van der Waals surface area contributed by atoms with Crippen LogP contribution in [0.1, 0.15) is 31.9 Å². The van der Waals surface area contributed by atoms with E-state index >= 15 is 0 Å². The largest absolute Gasteiger partial charge is 0.437 e. The van der Waals surface area contributed by atoms with E-state index in [9.17, 15) is 0 Å². The predicted molar refractivity (Wildman–Crippen MR) is 80.4 cm³/mol. The zero-order valence-electron chi connectivity index (χ0n) is 11.9. The summed E-state index contributed by atoms with van der Waals surface area (Å²) < 4.78 is 5.84. The lowest BCUT2D eigenvalue weighted by atomic mass is 9.86. The van der Waals surface area contributed by atoms with Gasteiger partial charge in [0.25, 0.3) is 0 Å². The molecule has 0 amide bonds. The van der Waals surface area contributed by atoms with Gasteiger partial charge in [-0.15, -0.1) is 0 Å². The number of hydrogen-bond donors (Lipinski definition) is 1. The summed E-state index contributed by atoms with van der Waals surface area (Å²) in [6, 6.07) is 9.49. The Hall–Kier alpha value is -1.58. The molecular formula is C16H18ClNO2. The van der Waals surface area contributed by atoms with Gasteiger partial charge in [0.15, 0.2) is 0 Å². The van der Waals surface area contributed by atoms with Gasteiger partial charge in [-0.2, -0.15) is 0 Å². The Kier molecular flexibility index (Phi) is 4.31. The van der Waals surface area contributed by atoms with Crippen LogP contribution >= 0.6 is 11.6 Å². The molecule has 0 unspecified atom stereocenters. The van der Waals surface area contributed by atoms with E-state index in [0.717, 1.165) is 11.3 Å². The smallest absolute Gasteiger partial charge is 0.238 e. The molecule has 0 saturated carbocycles. The minimum absolute atomic E-state index is 0.0336. The first-order valence-electron chi connectivity index (χ1n) is 6.44. The van der Waals surface area contributed by atoms with Crippen LogP contribution in [0.3, 0.4) is 0 Å². The zero-order valence-corrected chi connectivity index (χ0v) is 12.6. The number of aromatic nitrogens is 1. The second-order valence-electron chi connectivity index (χ2n) is 5.64. The van der Waals surface area contributed by atoms with Crippen LogP contribution in [-0.2, 0) is 12.0 Å². The maximum Gasteiger partial charge on any atom is 0.238 e. The molecule has 20 heavy (non-hydrogen) atoms. The van der Waals surface area contributed by atoms with Gasteiger partial charge in [-0.3, -0.25) is 0 Å². The van der Waals surface area contributed by atoms with Gasteiger partial charge in [-0.05, 0) is 23.1 Å². The fourth-order valence-corrected chi connectivity index (χ4v) is 2.13. The third-order valence-electron chi connectivity index (χ3n) is 2.95. The number of para-hydroxylation sites is 1. The van der Waals surface area contributed by atoms with E-state index in [1.807, 2.05) is 24.3 Å². The zero-order chi connectivity index (χ0) is 14.8. The molecule has 0 atom stereocenters. The molecule has 4 heteroatoms. The van der Waals surface area contributed by atoms with Crippen molar-refractivity contribution in [3.63, 3.8) is 0 Å². The summed E-state index contributed by atoms with van der Waals surface area (Å²) in [6.07, 6.45) is 1.56. The van der Waals surface area contributed by atoms with Crippen molar-refractivity contribution in [2.24, 2.45) is 0 Å². The lowest BCUT2D eigenvalue weighted by Crippen LogP contribution is -2.12. The maximum atomic E-state index is 9.05. The molecule has 0 fully saturated rings. The molecule has 106 valence electrons. The third kappa shape index (κ3) is 3.30. The summed E-state index contributed by atoms with van der Waals surface area (Å²) >= 11 is 6.13. The molecule has 1 aromatic heterocycles. The van der Waals surface area contributed by atoms with Crippen LogP contribution in [-0.4, -0.2) is 10.1 Å². The summed E-state index contributed by atoms with van der Waals surface area (Å²) in [7, 11) is 0. The Morgan fingerprint density at radius 2 is 1.95 bits per heavy atom. The van der Waals surface area contributed by atoms with Crippen molar-refractivity contribution in [3.05, 3.63) is 52.7 Å². The molecule has 1 N–H and O–H groups in total. The topological polar surface area (TPSA) is 42.4 Å². The molecule has 1 aromatic carbocycles. The number of nitrogens with zero attached hydrogens (tertiary/aromatic N) is 1. The van der Waals surface area contributed by atoms with Gasteiger partial charge in [-0.25, -0.2) is 4.98 Å². The van der Waals surface area contributed by atoms with Crippen molar-refractivity contribution in [3.8, 4) is 11.6 Å². The van der Waals surface area contributed by atoms with Gasteiger partial charge in [0.1, 0.15) is 10.8 Å². The van der Waals surface area contributed by atoms with Crippen LogP contribution < -0.4 is 4.74 Å². The number of ether oxygens (including phenoxy) is 1. The molecule has 0 radical (unpaired) electrons. The Labute approximate surface area is 124 Å². The molecule has 2 aromatic rings. The Morgan fingerprint density at radius 1 is 1.25 bits per heavy atom. The van der Waals surface area contributed by atoms with Gasteiger partial charge in [0, 0.05) is 11.8 Å². The van der Waals surface area contributed by atoms with Gasteiger partial charge < -0.3 is 9.84 Å². The Balaban J connectivity index is 2.36. The van der Waals surface area contributed by atoms with E-state index in [0.29, 0.717) is 16.5 Å². The summed E-state index contributed by atoms with van der Waals surface area (Å²) in [6.45, 7) is 6.28. The highest BCUT2D eigenvalue weighted by molar-refractivity contribution is 6.31. The molecule has 2 rings (SSSR count). The normalized spacial score (nSPS) is 11.4. The molecule has 0 aliphatic carbocycles. The van der Waals surface area contributed by atoms with Gasteiger partial charge in [0.05, 0.1) is 6.61 Å². The van der Waals surface area contributed by atoms with E-state index in [4.69, 9.17) is 21.4 Å². The Bertz CT molecular complexity index is 606. The standard InChI is InChI=1S/C16H18ClNO2/c1-16(2,3)12-6-4-5-7-14(12)20-15-13(17)8-11(10-19)9-18-15/h4-9,19H,10H2,1-3H3. The van der Waals surface area contributed by atoms with E-state index in [2.05, 4.69) is 25.8 Å². The van der Waals surface area contributed by atoms with Gasteiger partial charge >= 0.3 is 0 Å². The van der Waals surface area contributed by atoms with Crippen molar-refractivity contribution in [1.82, 2.24) is 4.98 Å². The molecule has 3 nitrogen and oxygen atoms in total. The van der Waals surface area contributed by atoms with Crippen LogP contribution in [0, 0.1) is 0 Å². The number of halogens is 1. The van der Waals surface area contributed by atoms with Crippen molar-refractivity contribution in [1.29, 1.82) is 0 Å². The van der Waals surface area contributed by atoms with E-state index in [1.54, 1.807) is 12.3 Å². The van der Waals surface area contributed by atoms with Crippen molar-refractivity contribution < 1.29 is 9.84 Å². The molecule has 0 saturated heterocycles. The second-order valence-corrected chi connectivity index (χ2v) is 6.04. The highest BCUT2D eigenvalue weighted by Crippen LogP contribution is 2.35. The van der Waals surface area contributed by atoms with Gasteiger partial charge in [0.2, 0.25) is 5.88 Å². The lowest BCUT2D eigenvalue weighted by molar-refractivity contribution is 0.281. The molecule has 0 spiro atoms. The van der Waals surface area contributed by atoms with E-state index < -0.39 is 0 Å². The number of hydrogen-bond acceptors (Lipinski definition) is 3. The van der Waals surface area contributed by atoms with Crippen LogP contribution in [0.2, 0.25) is 5.02 Å². The number of aliphatic hydroxyl groups excluding tert-OH is 1. The van der Waals surface area contributed by atoms with Crippen molar-refractivity contribution >= 4 is 11.6 Å². The average molecular weight is 292 g/mol. The number of benzene rings is 1. The lowest BCUT2D eigenvalue weighted by Gasteiger charge is -2.22. The first-order chi connectivity index (χ1) is 9.41. The highest BCUT2D eigenvalue weighted by Gasteiger charge is 2.19. The molecular weight excluding hydrogens is 274 g/mol.